The summed E-state index contributed by atoms with van der Waals surface area (Å²) in [4.78, 5) is 4.73. The summed E-state index contributed by atoms with van der Waals surface area (Å²) in [7, 11) is 0. The van der Waals surface area contributed by atoms with Gasteiger partial charge in [-0.25, -0.2) is 4.99 Å². The SMILES string of the molecule is I.OC1CCC(NC(=NCc2ccccc2)NCCc2ccco2)CC1. The van der Waals surface area contributed by atoms with Gasteiger partial charge in [0.2, 0.25) is 0 Å². The van der Waals surface area contributed by atoms with E-state index in [1.807, 2.05) is 30.3 Å². The first-order valence-corrected chi connectivity index (χ1v) is 9.09. The van der Waals surface area contributed by atoms with Crippen LogP contribution in [-0.4, -0.2) is 29.8 Å². The van der Waals surface area contributed by atoms with Gasteiger partial charge in [0.15, 0.2) is 5.96 Å². The van der Waals surface area contributed by atoms with Crippen molar-refractivity contribution in [3.05, 3.63) is 60.1 Å². The van der Waals surface area contributed by atoms with Gasteiger partial charge in [-0.3, -0.25) is 0 Å². The first kappa shape index (κ1) is 20.8. The average molecular weight is 469 g/mol. The molecule has 0 radical (unpaired) electrons. The van der Waals surface area contributed by atoms with Gasteiger partial charge < -0.3 is 20.2 Å². The third kappa shape index (κ3) is 6.99. The van der Waals surface area contributed by atoms with Gasteiger partial charge in [-0.15, -0.1) is 24.0 Å². The van der Waals surface area contributed by atoms with Crippen molar-refractivity contribution in [2.45, 2.75) is 50.8 Å². The summed E-state index contributed by atoms with van der Waals surface area (Å²) < 4.78 is 5.38. The lowest BCUT2D eigenvalue weighted by Crippen LogP contribution is -2.45. The van der Waals surface area contributed by atoms with E-state index in [0.717, 1.165) is 50.4 Å². The fraction of sp³-hybridized carbons (Fsp3) is 0.450. The fourth-order valence-corrected chi connectivity index (χ4v) is 3.08. The summed E-state index contributed by atoms with van der Waals surface area (Å²) in [6, 6.07) is 14.5. The molecule has 0 bridgehead atoms. The van der Waals surface area contributed by atoms with Crippen LogP contribution in [-0.2, 0) is 13.0 Å². The Balaban J connectivity index is 0.00000243. The lowest BCUT2D eigenvalue weighted by Gasteiger charge is -2.27. The molecule has 1 aliphatic rings. The maximum atomic E-state index is 9.68. The van der Waals surface area contributed by atoms with Crippen LogP contribution in [0.2, 0.25) is 0 Å². The smallest absolute Gasteiger partial charge is 0.191 e. The van der Waals surface area contributed by atoms with Gasteiger partial charge in [0.1, 0.15) is 5.76 Å². The van der Waals surface area contributed by atoms with Crippen LogP contribution in [0.1, 0.15) is 37.0 Å². The van der Waals surface area contributed by atoms with Crippen molar-refractivity contribution >= 4 is 29.9 Å². The zero-order valence-corrected chi connectivity index (χ0v) is 17.3. The number of hydrogen-bond donors (Lipinski definition) is 3. The highest BCUT2D eigenvalue weighted by atomic mass is 127. The van der Waals surface area contributed by atoms with Crippen LogP contribution in [0.4, 0.5) is 0 Å². The summed E-state index contributed by atoms with van der Waals surface area (Å²) in [5, 5.41) is 16.6. The molecule has 3 rings (SSSR count). The van der Waals surface area contributed by atoms with Gasteiger partial charge in [0.25, 0.3) is 0 Å². The Morgan fingerprint density at radius 2 is 1.85 bits per heavy atom. The lowest BCUT2D eigenvalue weighted by atomic mass is 9.93. The average Bonchev–Trinajstić information content (AvgIpc) is 3.16. The number of halogens is 1. The molecule has 142 valence electrons. The normalized spacial score (nSPS) is 20.3. The molecule has 0 amide bonds. The molecule has 0 spiro atoms. The molecule has 5 nitrogen and oxygen atoms in total. The van der Waals surface area contributed by atoms with Crippen LogP contribution in [0.25, 0.3) is 0 Å². The molecule has 0 saturated heterocycles. The molecular formula is C20H28IN3O2. The number of hydrogen-bond acceptors (Lipinski definition) is 3. The molecule has 0 aliphatic heterocycles. The van der Waals surface area contributed by atoms with E-state index >= 15 is 0 Å². The highest BCUT2D eigenvalue weighted by Crippen LogP contribution is 2.18. The number of aliphatic imine (C=N–C) groups is 1. The Morgan fingerprint density at radius 3 is 2.54 bits per heavy atom. The first-order chi connectivity index (χ1) is 12.3. The van der Waals surface area contributed by atoms with E-state index in [-0.39, 0.29) is 30.1 Å². The maximum Gasteiger partial charge on any atom is 0.191 e. The largest absolute Gasteiger partial charge is 0.469 e. The Labute approximate surface area is 172 Å². The molecule has 1 aromatic carbocycles. The topological polar surface area (TPSA) is 69.8 Å². The molecule has 3 N–H and O–H groups in total. The van der Waals surface area contributed by atoms with Crippen molar-refractivity contribution in [1.82, 2.24) is 10.6 Å². The van der Waals surface area contributed by atoms with E-state index in [0.29, 0.717) is 12.6 Å². The predicted octanol–water partition coefficient (Wildman–Crippen LogP) is 3.48. The third-order valence-corrected chi connectivity index (χ3v) is 4.54. The molecule has 1 aliphatic carbocycles. The fourth-order valence-electron chi connectivity index (χ4n) is 3.08. The van der Waals surface area contributed by atoms with E-state index in [1.165, 1.54) is 5.56 Å². The van der Waals surface area contributed by atoms with E-state index in [2.05, 4.69) is 22.8 Å². The van der Waals surface area contributed by atoms with Crippen molar-refractivity contribution < 1.29 is 9.52 Å². The minimum atomic E-state index is -0.144. The number of aliphatic hydroxyl groups excluding tert-OH is 1. The molecular weight excluding hydrogens is 441 g/mol. The number of furan rings is 1. The number of nitrogens with zero attached hydrogens (tertiary/aromatic N) is 1. The van der Waals surface area contributed by atoms with Crippen LogP contribution >= 0.6 is 24.0 Å². The molecule has 1 aromatic heterocycles. The van der Waals surface area contributed by atoms with Crippen molar-refractivity contribution in [1.29, 1.82) is 0 Å². The number of nitrogens with one attached hydrogen (secondary N) is 2. The molecule has 6 heteroatoms. The molecule has 0 unspecified atom stereocenters. The van der Waals surface area contributed by atoms with E-state index in [9.17, 15) is 5.11 Å². The minimum Gasteiger partial charge on any atom is -0.469 e. The second kappa shape index (κ2) is 11.2. The monoisotopic (exact) mass is 469 g/mol. The summed E-state index contributed by atoms with van der Waals surface area (Å²) in [5.41, 5.74) is 1.19. The maximum absolute atomic E-state index is 9.68. The zero-order chi connectivity index (χ0) is 17.3. The molecule has 1 saturated carbocycles. The van der Waals surface area contributed by atoms with Gasteiger partial charge in [0, 0.05) is 19.0 Å². The lowest BCUT2D eigenvalue weighted by molar-refractivity contribution is 0.120. The Hall–Kier alpha value is -1.54. The highest BCUT2D eigenvalue weighted by molar-refractivity contribution is 14.0. The summed E-state index contributed by atoms with van der Waals surface area (Å²) in [6.07, 6.45) is 6.05. The second-order valence-corrected chi connectivity index (χ2v) is 6.56. The number of aliphatic hydroxyl groups is 1. The molecule has 2 aromatic rings. The van der Waals surface area contributed by atoms with E-state index in [4.69, 9.17) is 9.41 Å². The van der Waals surface area contributed by atoms with Crippen LogP contribution < -0.4 is 10.6 Å². The summed E-state index contributed by atoms with van der Waals surface area (Å²) in [5.74, 6) is 1.80. The van der Waals surface area contributed by atoms with Crippen molar-refractivity contribution in [2.75, 3.05) is 6.54 Å². The van der Waals surface area contributed by atoms with Crippen molar-refractivity contribution in [3.8, 4) is 0 Å². The number of benzene rings is 1. The Kier molecular flexibility index (Phi) is 8.97. The first-order valence-electron chi connectivity index (χ1n) is 9.09. The van der Waals surface area contributed by atoms with Crippen molar-refractivity contribution in [2.24, 2.45) is 4.99 Å². The van der Waals surface area contributed by atoms with Crippen LogP contribution in [0.15, 0.2) is 58.1 Å². The van der Waals surface area contributed by atoms with Crippen molar-refractivity contribution in [3.63, 3.8) is 0 Å². The van der Waals surface area contributed by atoms with E-state index in [1.54, 1.807) is 6.26 Å². The van der Waals surface area contributed by atoms with Gasteiger partial charge in [-0.1, -0.05) is 30.3 Å². The standard InChI is InChI=1S/C20H27N3O2.HI/c24-18-10-8-17(9-11-18)23-20(21-13-12-19-7-4-14-25-19)22-15-16-5-2-1-3-6-16;/h1-7,14,17-18,24H,8-13,15H2,(H2,21,22,23);1H. The van der Waals surface area contributed by atoms with Gasteiger partial charge in [-0.2, -0.15) is 0 Å². The zero-order valence-electron chi connectivity index (χ0n) is 14.9. The van der Waals surface area contributed by atoms with Crippen LogP contribution in [0.5, 0.6) is 0 Å². The number of rotatable bonds is 6. The van der Waals surface area contributed by atoms with Crippen LogP contribution in [0.3, 0.4) is 0 Å². The second-order valence-electron chi connectivity index (χ2n) is 6.56. The molecule has 26 heavy (non-hydrogen) atoms. The summed E-state index contributed by atoms with van der Waals surface area (Å²) in [6.45, 7) is 1.41. The molecule has 1 fully saturated rings. The van der Waals surface area contributed by atoms with E-state index < -0.39 is 0 Å². The molecule has 1 heterocycles. The van der Waals surface area contributed by atoms with Gasteiger partial charge in [0.05, 0.1) is 18.9 Å². The van der Waals surface area contributed by atoms with Gasteiger partial charge in [-0.05, 0) is 43.4 Å². The minimum absolute atomic E-state index is 0. The quantitative estimate of drug-likeness (QED) is 0.344. The van der Waals surface area contributed by atoms with Gasteiger partial charge >= 0.3 is 0 Å². The predicted molar refractivity (Wildman–Crippen MR) is 115 cm³/mol. The number of guanidine groups is 1. The molecule has 0 atom stereocenters. The Morgan fingerprint density at radius 1 is 1.08 bits per heavy atom. The summed E-state index contributed by atoms with van der Waals surface area (Å²) >= 11 is 0. The highest BCUT2D eigenvalue weighted by Gasteiger charge is 2.20. The Bertz CT molecular complexity index is 638. The van der Waals surface area contributed by atoms with Crippen LogP contribution in [0, 0.1) is 0 Å². The third-order valence-electron chi connectivity index (χ3n) is 4.54.